The van der Waals surface area contributed by atoms with Crippen LogP contribution in [0.5, 0.6) is 5.75 Å². The molecule has 1 amide bonds. The standard InChI is InChI=1S/C21H22FN3O2/c1-4-25(5-2)19-11-6-15(20(13-19)27-3)12-16(14-23)21(26)24-18-9-7-17(22)8-10-18/h6-13H,4-5H2,1-3H3,(H,24,26)/b16-12-. The molecule has 0 spiro atoms. The van der Waals surface area contributed by atoms with Gasteiger partial charge in [0.15, 0.2) is 0 Å². The van der Waals surface area contributed by atoms with Crippen LogP contribution in [-0.4, -0.2) is 26.1 Å². The van der Waals surface area contributed by atoms with Crippen molar-refractivity contribution in [2.75, 3.05) is 30.4 Å². The monoisotopic (exact) mass is 367 g/mol. The van der Waals surface area contributed by atoms with Crippen LogP contribution in [0.1, 0.15) is 19.4 Å². The number of anilines is 2. The number of rotatable bonds is 7. The normalized spacial score (nSPS) is 10.9. The average molecular weight is 367 g/mol. The molecule has 0 aliphatic heterocycles. The number of halogens is 1. The van der Waals surface area contributed by atoms with Crippen molar-refractivity contribution in [1.29, 1.82) is 5.26 Å². The number of ether oxygens (including phenoxy) is 1. The molecule has 2 rings (SSSR count). The molecule has 0 aromatic heterocycles. The summed E-state index contributed by atoms with van der Waals surface area (Å²) in [4.78, 5) is 14.5. The number of hydrogen-bond acceptors (Lipinski definition) is 4. The van der Waals surface area contributed by atoms with Crippen LogP contribution in [0.15, 0.2) is 48.0 Å². The molecule has 0 saturated carbocycles. The molecule has 0 fully saturated rings. The van der Waals surface area contributed by atoms with Gasteiger partial charge in [0.1, 0.15) is 23.2 Å². The summed E-state index contributed by atoms with van der Waals surface area (Å²) in [5.41, 5.74) is 1.96. The van der Waals surface area contributed by atoms with Crippen molar-refractivity contribution in [3.8, 4) is 11.8 Å². The van der Waals surface area contributed by atoms with Gasteiger partial charge in [-0.25, -0.2) is 4.39 Å². The lowest BCUT2D eigenvalue weighted by Gasteiger charge is -2.22. The largest absolute Gasteiger partial charge is 0.496 e. The first kappa shape index (κ1) is 20.0. The highest BCUT2D eigenvalue weighted by atomic mass is 19.1. The van der Waals surface area contributed by atoms with E-state index < -0.39 is 11.7 Å². The van der Waals surface area contributed by atoms with Crippen LogP contribution in [0.25, 0.3) is 6.08 Å². The lowest BCUT2D eigenvalue weighted by molar-refractivity contribution is -0.112. The van der Waals surface area contributed by atoms with Crippen LogP contribution >= 0.6 is 0 Å². The zero-order valence-corrected chi connectivity index (χ0v) is 15.6. The Morgan fingerprint density at radius 1 is 1.22 bits per heavy atom. The quantitative estimate of drug-likeness (QED) is 0.588. The summed E-state index contributed by atoms with van der Waals surface area (Å²) < 4.78 is 18.4. The maximum absolute atomic E-state index is 13.0. The molecular weight excluding hydrogens is 345 g/mol. The Kier molecular flexibility index (Phi) is 6.95. The molecule has 6 heteroatoms. The minimum atomic E-state index is -0.570. The van der Waals surface area contributed by atoms with Gasteiger partial charge in [0.2, 0.25) is 0 Å². The van der Waals surface area contributed by atoms with Crippen molar-refractivity contribution in [2.45, 2.75) is 13.8 Å². The number of amides is 1. The molecule has 2 aromatic rings. The number of nitriles is 1. The number of carbonyl (C=O) groups is 1. The van der Waals surface area contributed by atoms with E-state index in [1.165, 1.54) is 30.3 Å². The van der Waals surface area contributed by atoms with Crippen LogP contribution in [0.3, 0.4) is 0 Å². The predicted molar refractivity (Wildman–Crippen MR) is 105 cm³/mol. The summed E-state index contributed by atoms with van der Waals surface area (Å²) in [7, 11) is 1.54. The van der Waals surface area contributed by atoms with Gasteiger partial charge < -0.3 is 15.0 Å². The fourth-order valence-corrected chi connectivity index (χ4v) is 2.64. The van der Waals surface area contributed by atoms with E-state index in [1.54, 1.807) is 7.11 Å². The SMILES string of the molecule is CCN(CC)c1ccc(/C=C(/C#N)C(=O)Nc2ccc(F)cc2)c(OC)c1. The van der Waals surface area contributed by atoms with E-state index in [9.17, 15) is 14.4 Å². The van der Waals surface area contributed by atoms with E-state index in [0.29, 0.717) is 17.0 Å². The third-order valence-electron chi connectivity index (χ3n) is 4.11. The zero-order valence-electron chi connectivity index (χ0n) is 15.6. The molecular formula is C21H22FN3O2. The van der Waals surface area contributed by atoms with Gasteiger partial charge in [-0.1, -0.05) is 0 Å². The fourth-order valence-electron chi connectivity index (χ4n) is 2.64. The third-order valence-corrected chi connectivity index (χ3v) is 4.11. The van der Waals surface area contributed by atoms with Crippen molar-refractivity contribution < 1.29 is 13.9 Å². The highest BCUT2D eigenvalue weighted by Crippen LogP contribution is 2.27. The third kappa shape index (κ3) is 5.08. The van der Waals surface area contributed by atoms with E-state index in [2.05, 4.69) is 24.1 Å². The van der Waals surface area contributed by atoms with Gasteiger partial charge in [-0.05, 0) is 56.3 Å². The molecule has 0 unspecified atom stereocenters. The molecule has 0 atom stereocenters. The second kappa shape index (κ2) is 9.39. The lowest BCUT2D eigenvalue weighted by atomic mass is 10.1. The van der Waals surface area contributed by atoms with Crippen LogP contribution in [0.2, 0.25) is 0 Å². The van der Waals surface area contributed by atoms with Crippen molar-refractivity contribution in [3.63, 3.8) is 0 Å². The summed E-state index contributed by atoms with van der Waals surface area (Å²) >= 11 is 0. The van der Waals surface area contributed by atoms with Crippen LogP contribution in [0.4, 0.5) is 15.8 Å². The molecule has 0 heterocycles. The van der Waals surface area contributed by atoms with Gasteiger partial charge in [0.05, 0.1) is 7.11 Å². The molecule has 0 bridgehead atoms. The first-order chi connectivity index (χ1) is 13.0. The zero-order chi connectivity index (χ0) is 19.8. The molecule has 0 radical (unpaired) electrons. The van der Waals surface area contributed by atoms with E-state index in [1.807, 2.05) is 24.3 Å². The summed E-state index contributed by atoms with van der Waals surface area (Å²) in [5.74, 6) is -0.400. The molecule has 0 aliphatic carbocycles. The number of nitrogens with one attached hydrogen (secondary N) is 1. The Labute approximate surface area is 158 Å². The lowest BCUT2D eigenvalue weighted by Crippen LogP contribution is -2.21. The predicted octanol–water partition coefficient (Wildman–Crippen LogP) is 4.23. The van der Waals surface area contributed by atoms with E-state index in [4.69, 9.17) is 4.74 Å². The second-order valence-corrected chi connectivity index (χ2v) is 5.73. The first-order valence-electron chi connectivity index (χ1n) is 8.64. The van der Waals surface area contributed by atoms with Gasteiger partial charge in [0.25, 0.3) is 5.91 Å². The molecule has 0 aliphatic rings. The summed E-state index contributed by atoms with van der Waals surface area (Å²) in [5, 5.41) is 12.0. The molecule has 27 heavy (non-hydrogen) atoms. The number of methoxy groups -OCH3 is 1. The Hall–Kier alpha value is -3.33. The summed E-state index contributed by atoms with van der Waals surface area (Å²) in [6.45, 7) is 5.85. The van der Waals surface area contributed by atoms with E-state index in [-0.39, 0.29) is 5.57 Å². The maximum atomic E-state index is 13.0. The fraction of sp³-hybridized carbons (Fsp3) is 0.238. The van der Waals surface area contributed by atoms with Crippen molar-refractivity contribution >= 4 is 23.4 Å². The second-order valence-electron chi connectivity index (χ2n) is 5.73. The average Bonchev–Trinajstić information content (AvgIpc) is 2.69. The van der Waals surface area contributed by atoms with Gasteiger partial charge >= 0.3 is 0 Å². The molecule has 1 N–H and O–H groups in total. The Morgan fingerprint density at radius 2 is 1.89 bits per heavy atom. The number of carbonyl (C=O) groups excluding carboxylic acids is 1. The molecule has 2 aromatic carbocycles. The van der Waals surface area contributed by atoms with E-state index in [0.717, 1.165) is 18.8 Å². The molecule has 5 nitrogen and oxygen atoms in total. The van der Waals surface area contributed by atoms with Crippen molar-refractivity contribution in [1.82, 2.24) is 0 Å². The van der Waals surface area contributed by atoms with Gasteiger partial charge in [-0.15, -0.1) is 0 Å². The van der Waals surface area contributed by atoms with Gasteiger partial charge in [-0.2, -0.15) is 5.26 Å². The van der Waals surface area contributed by atoms with Crippen LogP contribution in [-0.2, 0) is 4.79 Å². The number of nitrogens with zero attached hydrogens (tertiary/aromatic N) is 2. The number of hydrogen-bond donors (Lipinski definition) is 1. The van der Waals surface area contributed by atoms with Crippen LogP contribution < -0.4 is 15.0 Å². The summed E-state index contributed by atoms with van der Waals surface area (Å²) in [6.07, 6.45) is 1.48. The topological polar surface area (TPSA) is 65.4 Å². The Bertz CT molecular complexity index is 866. The minimum absolute atomic E-state index is 0.0757. The molecule has 0 saturated heterocycles. The van der Waals surface area contributed by atoms with Crippen LogP contribution in [0, 0.1) is 17.1 Å². The van der Waals surface area contributed by atoms with Gasteiger partial charge in [0, 0.05) is 36.1 Å². The Balaban J connectivity index is 2.29. The highest BCUT2D eigenvalue weighted by molar-refractivity contribution is 6.09. The highest BCUT2D eigenvalue weighted by Gasteiger charge is 2.13. The maximum Gasteiger partial charge on any atom is 0.266 e. The van der Waals surface area contributed by atoms with Gasteiger partial charge in [-0.3, -0.25) is 4.79 Å². The molecule has 140 valence electrons. The van der Waals surface area contributed by atoms with E-state index >= 15 is 0 Å². The smallest absolute Gasteiger partial charge is 0.266 e. The first-order valence-corrected chi connectivity index (χ1v) is 8.64. The Morgan fingerprint density at radius 3 is 2.44 bits per heavy atom. The summed E-state index contributed by atoms with van der Waals surface area (Å²) in [6, 6.07) is 12.9. The van der Waals surface area contributed by atoms with Crippen molar-refractivity contribution in [2.24, 2.45) is 0 Å². The van der Waals surface area contributed by atoms with Crippen molar-refractivity contribution in [3.05, 3.63) is 59.4 Å². The minimum Gasteiger partial charge on any atom is -0.496 e. The number of benzene rings is 2.